The van der Waals surface area contributed by atoms with Gasteiger partial charge in [0.2, 0.25) is 0 Å². The molecule has 1 heterocycles. The minimum atomic E-state index is 0.494. The first-order valence-electron chi connectivity index (χ1n) is 6.68. The van der Waals surface area contributed by atoms with Gasteiger partial charge in [0, 0.05) is 12.2 Å². The van der Waals surface area contributed by atoms with Gasteiger partial charge in [0.1, 0.15) is 0 Å². The lowest BCUT2D eigenvalue weighted by atomic mass is 9.99. The van der Waals surface area contributed by atoms with Crippen LogP contribution >= 0.6 is 23.2 Å². The summed E-state index contributed by atoms with van der Waals surface area (Å²) < 4.78 is 0. The molecular formula is C16H16Cl2N2. The Kier molecular flexibility index (Phi) is 3.53. The highest BCUT2D eigenvalue weighted by Gasteiger charge is 2.20. The Morgan fingerprint density at radius 3 is 2.60 bits per heavy atom. The molecule has 0 aliphatic carbocycles. The molecule has 0 fully saturated rings. The van der Waals surface area contributed by atoms with Crippen LogP contribution in [0.3, 0.4) is 0 Å². The third-order valence-corrected chi connectivity index (χ3v) is 4.44. The van der Waals surface area contributed by atoms with Crippen LogP contribution in [0.25, 0.3) is 0 Å². The Labute approximate surface area is 129 Å². The number of nitrogens with two attached hydrogens (primary N) is 1. The first-order valence-corrected chi connectivity index (χ1v) is 7.43. The van der Waals surface area contributed by atoms with Crippen LogP contribution in [-0.2, 0) is 6.42 Å². The number of anilines is 3. The molecule has 0 atom stereocenters. The maximum Gasteiger partial charge on any atom is 0.0660 e. The van der Waals surface area contributed by atoms with Gasteiger partial charge < -0.3 is 10.6 Å². The number of aryl methyl sites for hydroxylation is 2. The number of rotatable bonds is 1. The lowest BCUT2D eigenvalue weighted by Gasteiger charge is -2.32. The smallest absolute Gasteiger partial charge is 0.0660 e. The van der Waals surface area contributed by atoms with Gasteiger partial charge >= 0.3 is 0 Å². The van der Waals surface area contributed by atoms with E-state index in [1.165, 1.54) is 16.8 Å². The fourth-order valence-corrected chi connectivity index (χ4v) is 3.09. The Morgan fingerprint density at radius 1 is 1.05 bits per heavy atom. The molecule has 0 saturated heterocycles. The number of nitrogen functional groups attached to an aromatic ring is 1. The molecule has 3 rings (SSSR count). The van der Waals surface area contributed by atoms with Gasteiger partial charge in [0.25, 0.3) is 0 Å². The van der Waals surface area contributed by atoms with Gasteiger partial charge in [-0.3, -0.25) is 0 Å². The zero-order chi connectivity index (χ0) is 14.3. The average Bonchev–Trinajstić information content (AvgIpc) is 2.42. The van der Waals surface area contributed by atoms with E-state index >= 15 is 0 Å². The molecule has 4 heteroatoms. The molecule has 2 aromatic rings. The zero-order valence-corrected chi connectivity index (χ0v) is 12.8. The van der Waals surface area contributed by atoms with Crippen molar-refractivity contribution in [2.45, 2.75) is 19.8 Å². The summed E-state index contributed by atoms with van der Waals surface area (Å²) in [5, 5.41) is 1.03. The monoisotopic (exact) mass is 306 g/mol. The molecule has 20 heavy (non-hydrogen) atoms. The van der Waals surface area contributed by atoms with Crippen LogP contribution in [0.1, 0.15) is 17.5 Å². The number of halogens is 2. The van der Waals surface area contributed by atoms with E-state index in [-0.39, 0.29) is 0 Å². The van der Waals surface area contributed by atoms with Crippen molar-refractivity contribution in [1.29, 1.82) is 0 Å². The molecule has 0 spiro atoms. The quantitative estimate of drug-likeness (QED) is 0.754. The number of hydrogen-bond acceptors (Lipinski definition) is 2. The predicted molar refractivity (Wildman–Crippen MR) is 87.4 cm³/mol. The summed E-state index contributed by atoms with van der Waals surface area (Å²) in [5.41, 5.74) is 11.6. The van der Waals surface area contributed by atoms with Crippen molar-refractivity contribution in [3.05, 3.63) is 51.5 Å². The minimum absolute atomic E-state index is 0.494. The highest BCUT2D eigenvalue weighted by molar-refractivity contribution is 6.42. The second-order valence-electron chi connectivity index (χ2n) is 5.21. The summed E-state index contributed by atoms with van der Waals surface area (Å²) in [6.45, 7) is 3.06. The second kappa shape index (κ2) is 5.19. The lowest BCUT2D eigenvalue weighted by molar-refractivity contribution is 0.766. The van der Waals surface area contributed by atoms with E-state index < -0.39 is 0 Å². The van der Waals surface area contributed by atoms with E-state index in [9.17, 15) is 0 Å². The summed E-state index contributed by atoms with van der Waals surface area (Å²) in [4.78, 5) is 2.23. The van der Waals surface area contributed by atoms with Crippen molar-refractivity contribution in [3.63, 3.8) is 0 Å². The highest BCUT2D eigenvalue weighted by atomic mass is 35.5. The molecule has 2 N–H and O–H groups in total. The topological polar surface area (TPSA) is 29.3 Å². The summed E-state index contributed by atoms with van der Waals surface area (Å²) in [7, 11) is 0. The van der Waals surface area contributed by atoms with Crippen molar-refractivity contribution >= 4 is 40.3 Å². The van der Waals surface area contributed by atoms with Gasteiger partial charge in [-0.15, -0.1) is 0 Å². The van der Waals surface area contributed by atoms with Gasteiger partial charge in [-0.1, -0.05) is 40.9 Å². The van der Waals surface area contributed by atoms with Crippen LogP contribution < -0.4 is 10.6 Å². The maximum atomic E-state index is 6.14. The molecule has 2 nitrogen and oxygen atoms in total. The predicted octanol–water partition coefficient (Wildman–Crippen LogP) is 4.97. The molecule has 1 aliphatic heterocycles. The third-order valence-electron chi connectivity index (χ3n) is 3.71. The number of benzene rings is 2. The number of hydrogen-bond donors (Lipinski definition) is 1. The molecule has 0 unspecified atom stereocenters. The van der Waals surface area contributed by atoms with Crippen LogP contribution in [0.5, 0.6) is 0 Å². The molecule has 0 aromatic heterocycles. The largest absolute Gasteiger partial charge is 0.397 e. The Hall–Kier alpha value is -1.38. The van der Waals surface area contributed by atoms with Crippen molar-refractivity contribution in [2.75, 3.05) is 17.2 Å². The third kappa shape index (κ3) is 2.34. The van der Waals surface area contributed by atoms with Crippen LogP contribution in [0.15, 0.2) is 30.3 Å². The van der Waals surface area contributed by atoms with Crippen molar-refractivity contribution in [2.24, 2.45) is 0 Å². The highest BCUT2D eigenvalue weighted by Crippen LogP contribution is 2.40. The summed E-state index contributed by atoms with van der Waals surface area (Å²) in [5.74, 6) is 0. The average molecular weight is 307 g/mol. The molecule has 1 aliphatic rings. The zero-order valence-electron chi connectivity index (χ0n) is 11.3. The molecule has 0 saturated carbocycles. The summed E-state index contributed by atoms with van der Waals surface area (Å²) in [6.07, 6.45) is 2.21. The van der Waals surface area contributed by atoms with E-state index in [0.717, 1.165) is 25.1 Å². The van der Waals surface area contributed by atoms with Gasteiger partial charge in [0.15, 0.2) is 0 Å². The van der Waals surface area contributed by atoms with Gasteiger partial charge in [0.05, 0.1) is 21.4 Å². The standard InChI is InChI=1S/C16H16Cl2N2/c1-10-4-5-15-11(7-10)3-2-6-20(15)16-9-13(18)12(17)8-14(16)19/h4-5,7-9H,2-3,6,19H2,1H3. The molecule has 104 valence electrons. The SMILES string of the molecule is Cc1ccc2c(c1)CCCN2c1cc(Cl)c(Cl)cc1N. The van der Waals surface area contributed by atoms with Crippen molar-refractivity contribution in [3.8, 4) is 0 Å². The van der Waals surface area contributed by atoms with E-state index in [2.05, 4.69) is 30.0 Å². The molecule has 2 aromatic carbocycles. The normalized spacial score (nSPS) is 14.2. The van der Waals surface area contributed by atoms with Gasteiger partial charge in [-0.05, 0) is 43.5 Å². The maximum absolute atomic E-state index is 6.14. The van der Waals surface area contributed by atoms with E-state index in [1.54, 1.807) is 6.07 Å². The minimum Gasteiger partial charge on any atom is -0.397 e. The van der Waals surface area contributed by atoms with E-state index in [1.807, 2.05) is 6.07 Å². The molecule has 0 amide bonds. The number of nitrogens with zero attached hydrogens (tertiary/aromatic N) is 1. The van der Waals surface area contributed by atoms with Crippen LogP contribution in [0, 0.1) is 6.92 Å². The van der Waals surface area contributed by atoms with E-state index in [4.69, 9.17) is 28.9 Å². The Morgan fingerprint density at radius 2 is 1.80 bits per heavy atom. The lowest BCUT2D eigenvalue weighted by Crippen LogP contribution is -2.25. The van der Waals surface area contributed by atoms with E-state index in [0.29, 0.717) is 15.7 Å². The second-order valence-corrected chi connectivity index (χ2v) is 6.03. The number of fused-ring (bicyclic) bond motifs is 1. The van der Waals surface area contributed by atoms with Gasteiger partial charge in [-0.2, -0.15) is 0 Å². The van der Waals surface area contributed by atoms with Crippen LogP contribution in [-0.4, -0.2) is 6.54 Å². The Balaban J connectivity index is 2.11. The van der Waals surface area contributed by atoms with Gasteiger partial charge in [-0.25, -0.2) is 0 Å². The molecular weight excluding hydrogens is 291 g/mol. The molecule has 0 bridgehead atoms. The first-order chi connectivity index (χ1) is 9.56. The van der Waals surface area contributed by atoms with Crippen LogP contribution in [0.2, 0.25) is 10.0 Å². The first kappa shape index (κ1) is 13.6. The summed E-state index contributed by atoms with van der Waals surface area (Å²) in [6, 6.07) is 10.1. The van der Waals surface area contributed by atoms with Crippen molar-refractivity contribution < 1.29 is 0 Å². The summed E-state index contributed by atoms with van der Waals surface area (Å²) >= 11 is 12.2. The fourth-order valence-electron chi connectivity index (χ4n) is 2.76. The van der Waals surface area contributed by atoms with Crippen molar-refractivity contribution in [1.82, 2.24) is 0 Å². The van der Waals surface area contributed by atoms with Crippen LogP contribution in [0.4, 0.5) is 17.1 Å². The molecule has 0 radical (unpaired) electrons. The fraction of sp³-hybridized carbons (Fsp3) is 0.250. The Bertz CT molecular complexity index is 668.